The van der Waals surface area contributed by atoms with Crippen LogP contribution in [0.1, 0.15) is 25.0 Å². The zero-order valence-electron chi connectivity index (χ0n) is 31.1. The van der Waals surface area contributed by atoms with Crippen molar-refractivity contribution in [1.29, 1.82) is 0 Å². The number of para-hydroxylation sites is 2. The van der Waals surface area contributed by atoms with Crippen LogP contribution in [0.15, 0.2) is 188 Å². The fourth-order valence-electron chi connectivity index (χ4n) is 9.02. The first-order valence-corrected chi connectivity index (χ1v) is 19.2. The van der Waals surface area contributed by atoms with Crippen molar-refractivity contribution in [1.82, 2.24) is 19.1 Å². The molecule has 0 bridgehead atoms. The third kappa shape index (κ3) is 4.87. The van der Waals surface area contributed by atoms with E-state index in [9.17, 15) is 0 Å². The third-order valence-corrected chi connectivity index (χ3v) is 11.7. The Hall–Kier alpha value is -7.24. The molecule has 266 valence electrons. The van der Waals surface area contributed by atoms with E-state index >= 15 is 0 Å². The molecule has 7 aromatic carbocycles. The first-order valence-electron chi connectivity index (χ1n) is 19.2. The fraction of sp³-hybridized carbons (Fsp3) is 0.0588. The minimum atomic E-state index is -0.132. The summed E-state index contributed by atoms with van der Waals surface area (Å²) in [5, 5.41) is 3.66. The Morgan fingerprint density at radius 3 is 1.89 bits per heavy atom. The van der Waals surface area contributed by atoms with Gasteiger partial charge in [-0.1, -0.05) is 80.6 Å². The predicted molar refractivity (Wildman–Crippen MR) is 231 cm³/mol. The molecule has 11 rings (SSSR count). The van der Waals surface area contributed by atoms with Crippen molar-refractivity contribution in [2.24, 2.45) is 0 Å². The van der Waals surface area contributed by atoms with Crippen molar-refractivity contribution in [2.75, 3.05) is 4.90 Å². The van der Waals surface area contributed by atoms with Crippen molar-refractivity contribution in [3.05, 3.63) is 200 Å². The van der Waals surface area contributed by atoms with Gasteiger partial charge in [-0.25, -0.2) is 9.97 Å². The maximum absolute atomic E-state index is 4.52. The van der Waals surface area contributed by atoms with Gasteiger partial charge in [0.15, 0.2) is 5.82 Å². The van der Waals surface area contributed by atoms with E-state index in [0.717, 1.165) is 39.5 Å². The Bertz CT molecular complexity index is 3090. The third-order valence-electron chi connectivity index (χ3n) is 11.7. The van der Waals surface area contributed by atoms with Gasteiger partial charge in [0.2, 0.25) is 0 Å². The van der Waals surface area contributed by atoms with Crippen LogP contribution in [0.25, 0.3) is 66.6 Å². The first kappa shape index (κ1) is 32.2. The lowest BCUT2D eigenvalue weighted by Crippen LogP contribution is -2.16. The molecule has 0 saturated heterocycles. The summed E-state index contributed by atoms with van der Waals surface area (Å²) < 4.78 is 4.70. The number of nitrogens with zero attached hydrogens (tertiary/aromatic N) is 5. The number of hydrogen-bond donors (Lipinski definition) is 0. The quantitative estimate of drug-likeness (QED) is 0.172. The number of rotatable bonds is 6. The van der Waals surface area contributed by atoms with Crippen molar-refractivity contribution >= 4 is 49.8 Å². The molecule has 0 radical (unpaired) electrons. The van der Waals surface area contributed by atoms with E-state index in [-0.39, 0.29) is 5.41 Å². The van der Waals surface area contributed by atoms with Gasteiger partial charge in [0.05, 0.1) is 16.6 Å². The van der Waals surface area contributed by atoms with E-state index in [0.29, 0.717) is 5.82 Å². The van der Waals surface area contributed by atoms with Gasteiger partial charge in [-0.15, -0.1) is 0 Å². The number of aromatic nitrogens is 4. The van der Waals surface area contributed by atoms with Crippen molar-refractivity contribution in [3.8, 4) is 33.9 Å². The average Bonchev–Trinajstić information content (AvgIpc) is 3.90. The molecule has 0 unspecified atom stereocenters. The van der Waals surface area contributed by atoms with Gasteiger partial charge in [0.1, 0.15) is 0 Å². The second kappa shape index (κ2) is 12.4. The monoisotopic (exact) mass is 719 g/mol. The van der Waals surface area contributed by atoms with Crippen LogP contribution >= 0.6 is 0 Å². The van der Waals surface area contributed by atoms with Crippen LogP contribution in [0.2, 0.25) is 0 Å². The van der Waals surface area contributed by atoms with Crippen molar-refractivity contribution < 1.29 is 0 Å². The molecule has 1 aliphatic carbocycles. The van der Waals surface area contributed by atoms with Crippen molar-refractivity contribution in [3.63, 3.8) is 0 Å². The van der Waals surface area contributed by atoms with Crippen LogP contribution < -0.4 is 4.90 Å². The average molecular weight is 720 g/mol. The number of fused-ring (bicyclic) bond motifs is 8. The van der Waals surface area contributed by atoms with Gasteiger partial charge in [-0.05, 0) is 125 Å². The number of benzene rings is 7. The van der Waals surface area contributed by atoms with Gasteiger partial charge in [-0.2, -0.15) is 0 Å². The van der Waals surface area contributed by atoms with Crippen LogP contribution in [-0.2, 0) is 5.41 Å². The summed E-state index contributed by atoms with van der Waals surface area (Å²) in [6.07, 6.45) is 5.78. The van der Waals surface area contributed by atoms with E-state index in [1.807, 2.05) is 6.07 Å². The Morgan fingerprint density at radius 2 is 1.11 bits per heavy atom. The molecule has 0 aliphatic heterocycles. The Balaban J connectivity index is 1.16. The fourth-order valence-corrected chi connectivity index (χ4v) is 9.02. The molecular weight excluding hydrogens is 683 g/mol. The van der Waals surface area contributed by atoms with Crippen LogP contribution in [0, 0.1) is 0 Å². The normalized spacial score (nSPS) is 13.0. The molecule has 0 fully saturated rings. The molecule has 10 aromatic rings. The Kier molecular flexibility index (Phi) is 7.13. The first-order chi connectivity index (χ1) is 27.5. The molecule has 3 heterocycles. The van der Waals surface area contributed by atoms with E-state index in [4.69, 9.17) is 0 Å². The zero-order valence-corrected chi connectivity index (χ0v) is 31.1. The molecule has 0 amide bonds. The molecule has 56 heavy (non-hydrogen) atoms. The lowest BCUT2D eigenvalue weighted by molar-refractivity contribution is 0.660. The van der Waals surface area contributed by atoms with Crippen LogP contribution in [-0.4, -0.2) is 19.1 Å². The summed E-state index contributed by atoms with van der Waals surface area (Å²) in [5.74, 6) is 0.712. The molecule has 0 N–H and O–H groups in total. The zero-order chi connectivity index (χ0) is 37.4. The topological polar surface area (TPSA) is 38.9 Å². The maximum atomic E-state index is 4.52. The number of anilines is 3. The van der Waals surface area contributed by atoms with Crippen LogP contribution in [0.3, 0.4) is 0 Å². The highest BCUT2D eigenvalue weighted by Gasteiger charge is 2.35. The van der Waals surface area contributed by atoms with Gasteiger partial charge >= 0.3 is 0 Å². The number of hydrogen-bond acceptors (Lipinski definition) is 3. The SMILES string of the molecule is CC1(C)c2ccccc2-c2ccc(N(c3ccc(-c4ncccn4)cc3)c3ccc4c(c3)c3c5ccn(-c6ccccc6)c5ccc3n4-c3ccccc3)cc21. The highest BCUT2D eigenvalue weighted by Crippen LogP contribution is 2.51. The molecule has 1 aliphatic rings. The molecular formula is C51H37N5. The minimum Gasteiger partial charge on any atom is -0.317 e. The highest BCUT2D eigenvalue weighted by atomic mass is 15.1. The van der Waals surface area contributed by atoms with Crippen LogP contribution in [0.5, 0.6) is 0 Å². The van der Waals surface area contributed by atoms with E-state index in [1.54, 1.807) is 12.4 Å². The summed E-state index contributed by atoms with van der Waals surface area (Å²) in [7, 11) is 0. The van der Waals surface area contributed by atoms with Gasteiger partial charge in [0.25, 0.3) is 0 Å². The predicted octanol–water partition coefficient (Wildman–Crippen LogP) is 13.0. The molecule has 5 heteroatoms. The van der Waals surface area contributed by atoms with E-state index in [1.165, 1.54) is 49.4 Å². The van der Waals surface area contributed by atoms with Gasteiger partial charge in [-0.3, -0.25) is 0 Å². The summed E-state index contributed by atoms with van der Waals surface area (Å²) in [4.78, 5) is 11.4. The largest absolute Gasteiger partial charge is 0.317 e. The summed E-state index contributed by atoms with van der Waals surface area (Å²) in [6, 6.07) is 61.4. The lowest BCUT2D eigenvalue weighted by Gasteiger charge is -2.28. The lowest BCUT2D eigenvalue weighted by atomic mass is 9.82. The molecule has 0 atom stereocenters. The molecule has 0 spiro atoms. The second-order valence-corrected chi connectivity index (χ2v) is 15.1. The standard InChI is InChI=1S/C51H37N5/c1-51(2)44-17-10-9-16-40(44)41-24-22-39(33-45(41)51)55(37-20-18-34(19-21-37)50-52-29-11-30-53-50)38-23-25-47-43(32-38)49-42-28-31-54(35-12-5-3-6-13-35)46(42)26-27-48(49)56(47)36-14-7-4-8-15-36/h3-33H,1-2H3. The molecule has 0 saturated carbocycles. The minimum absolute atomic E-state index is 0.132. The Labute approximate surface area is 325 Å². The van der Waals surface area contributed by atoms with Crippen LogP contribution in [0.4, 0.5) is 17.1 Å². The van der Waals surface area contributed by atoms with E-state index < -0.39 is 0 Å². The summed E-state index contributed by atoms with van der Waals surface area (Å²) in [6.45, 7) is 4.69. The van der Waals surface area contributed by atoms with Gasteiger partial charge < -0.3 is 14.0 Å². The molecule has 3 aromatic heterocycles. The summed E-state index contributed by atoms with van der Waals surface area (Å²) in [5.41, 5.74) is 15.2. The maximum Gasteiger partial charge on any atom is 0.159 e. The smallest absolute Gasteiger partial charge is 0.159 e. The van der Waals surface area contributed by atoms with Gasteiger partial charge in [0, 0.05) is 74.2 Å². The molecule has 5 nitrogen and oxygen atoms in total. The van der Waals surface area contributed by atoms with E-state index in [2.05, 4.69) is 208 Å². The Morgan fingerprint density at radius 1 is 0.482 bits per heavy atom. The highest BCUT2D eigenvalue weighted by molar-refractivity contribution is 6.22. The van der Waals surface area contributed by atoms with Crippen molar-refractivity contribution in [2.45, 2.75) is 19.3 Å². The second-order valence-electron chi connectivity index (χ2n) is 15.1. The summed E-state index contributed by atoms with van der Waals surface area (Å²) >= 11 is 0.